The lowest BCUT2D eigenvalue weighted by Gasteiger charge is -2.36. The number of nitrogens with zero attached hydrogens (tertiary/aromatic N) is 3. The Balaban J connectivity index is 1.56. The fourth-order valence-electron chi connectivity index (χ4n) is 2.73. The summed E-state index contributed by atoms with van der Waals surface area (Å²) in [7, 11) is 0. The van der Waals surface area contributed by atoms with E-state index in [-0.39, 0.29) is 11.7 Å². The number of non-ortho nitro benzene ring substituents is 1. The molecule has 0 saturated carbocycles. The van der Waals surface area contributed by atoms with Crippen molar-refractivity contribution in [3.63, 3.8) is 0 Å². The van der Waals surface area contributed by atoms with E-state index in [9.17, 15) is 14.9 Å². The highest BCUT2D eigenvalue weighted by atomic mass is 35.5. The molecule has 1 aliphatic rings. The number of carbonyl (C=O) groups is 1. The standard InChI is InChI=1S/C17H16Cl2N4O3/c18-15-6-1-12(11-16(15)19)20-17(24)22-9-7-21(8-10-22)13-2-4-14(5-3-13)23(25)26/h1-6,11H,7-10H2,(H,20,24). The molecule has 1 aliphatic heterocycles. The lowest BCUT2D eigenvalue weighted by Crippen LogP contribution is -2.50. The number of halogens is 2. The minimum atomic E-state index is -0.422. The highest BCUT2D eigenvalue weighted by Crippen LogP contribution is 2.25. The Labute approximate surface area is 160 Å². The quantitative estimate of drug-likeness (QED) is 0.622. The molecule has 26 heavy (non-hydrogen) atoms. The van der Waals surface area contributed by atoms with Crippen LogP contribution in [0.2, 0.25) is 10.0 Å². The third-order valence-corrected chi connectivity index (χ3v) is 4.90. The first-order chi connectivity index (χ1) is 12.4. The summed E-state index contributed by atoms with van der Waals surface area (Å²) in [4.78, 5) is 26.5. The van der Waals surface area contributed by atoms with Crippen molar-refractivity contribution in [2.75, 3.05) is 36.4 Å². The molecule has 0 bridgehead atoms. The number of hydrogen-bond acceptors (Lipinski definition) is 4. The van der Waals surface area contributed by atoms with Gasteiger partial charge in [0.05, 0.1) is 15.0 Å². The predicted molar refractivity (Wildman–Crippen MR) is 102 cm³/mol. The normalized spacial score (nSPS) is 14.2. The molecule has 3 rings (SSSR count). The van der Waals surface area contributed by atoms with Crippen molar-refractivity contribution < 1.29 is 9.72 Å². The number of amides is 2. The fourth-order valence-corrected chi connectivity index (χ4v) is 3.03. The molecule has 1 N–H and O–H groups in total. The van der Waals surface area contributed by atoms with Crippen LogP contribution in [0, 0.1) is 10.1 Å². The second kappa shape index (κ2) is 7.80. The Kier molecular flexibility index (Phi) is 5.49. The van der Waals surface area contributed by atoms with E-state index in [1.165, 1.54) is 12.1 Å². The first-order valence-electron chi connectivity index (χ1n) is 7.94. The van der Waals surface area contributed by atoms with E-state index in [1.54, 1.807) is 35.2 Å². The molecule has 9 heteroatoms. The molecular weight excluding hydrogens is 379 g/mol. The Bertz CT molecular complexity index is 821. The number of carbonyl (C=O) groups excluding carboxylic acids is 1. The topological polar surface area (TPSA) is 78.7 Å². The Hall–Kier alpha value is -2.51. The van der Waals surface area contributed by atoms with Gasteiger partial charge in [0.15, 0.2) is 0 Å². The van der Waals surface area contributed by atoms with Crippen LogP contribution in [0.15, 0.2) is 42.5 Å². The molecule has 2 aromatic rings. The summed E-state index contributed by atoms with van der Waals surface area (Å²) in [5.74, 6) is 0. The molecule has 1 saturated heterocycles. The number of urea groups is 1. The molecule has 7 nitrogen and oxygen atoms in total. The number of rotatable bonds is 3. The summed E-state index contributed by atoms with van der Waals surface area (Å²) in [5, 5.41) is 14.3. The third-order valence-electron chi connectivity index (χ3n) is 4.16. The van der Waals surface area contributed by atoms with Crippen LogP contribution in [0.3, 0.4) is 0 Å². The number of nitro groups is 1. The third kappa shape index (κ3) is 4.17. The molecule has 2 amide bonds. The van der Waals surface area contributed by atoms with Gasteiger partial charge in [-0.05, 0) is 30.3 Å². The molecular formula is C17H16Cl2N4O3. The van der Waals surface area contributed by atoms with Crippen molar-refractivity contribution >= 4 is 46.3 Å². The number of anilines is 2. The Morgan fingerprint density at radius 3 is 2.23 bits per heavy atom. The van der Waals surface area contributed by atoms with Crippen LogP contribution in [-0.4, -0.2) is 42.0 Å². The molecule has 136 valence electrons. The van der Waals surface area contributed by atoms with E-state index in [4.69, 9.17) is 23.2 Å². The van der Waals surface area contributed by atoms with Gasteiger partial charge in [-0.2, -0.15) is 0 Å². The lowest BCUT2D eigenvalue weighted by molar-refractivity contribution is -0.384. The van der Waals surface area contributed by atoms with E-state index in [0.717, 1.165) is 5.69 Å². The van der Waals surface area contributed by atoms with Crippen molar-refractivity contribution in [1.29, 1.82) is 0 Å². The molecule has 0 aromatic heterocycles. The van der Waals surface area contributed by atoms with Crippen molar-refractivity contribution in [2.24, 2.45) is 0 Å². The zero-order chi connectivity index (χ0) is 18.7. The molecule has 2 aromatic carbocycles. The maximum Gasteiger partial charge on any atom is 0.321 e. The van der Waals surface area contributed by atoms with E-state index < -0.39 is 4.92 Å². The molecule has 0 aliphatic carbocycles. The van der Waals surface area contributed by atoms with Gasteiger partial charge in [0.25, 0.3) is 5.69 Å². The first kappa shape index (κ1) is 18.3. The monoisotopic (exact) mass is 394 g/mol. The van der Waals surface area contributed by atoms with Gasteiger partial charge in [-0.25, -0.2) is 4.79 Å². The zero-order valence-corrected chi connectivity index (χ0v) is 15.2. The maximum atomic E-state index is 12.4. The van der Waals surface area contributed by atoms with Gasteiger partial charge >= 0.3 is 6.03 Å². The second-order valence-corrected chi connectivity index (χ2v) is 6.62. The van der Waals surface area contributed by atoms with Crippen LogP contribution in [0.1, 0.15) is 0 Å². The van der Waals surface area contributed by atoms with Gasteiger partial charge < -0.3 is 15.1 Å². The molecule has 0 atom stereocenters. The van der Waals surface area contributed by atoms with Gasteiger partial charge in [0.1, 0.15) is 0 Å². The van der Waals surface area contributed by atoms with E-state index >= 15 is 0 Å². The first-order valence-corrected chi connectivity index (χ1v) is 8.70. The highest BCUT2D eigenvalue weighted by Gasteiger charge is 2.22. The number of nitrogens with one attached hydrogen (secondary N) is 1. The summed E-state index contributed by atoms with van der Waals surface area (Å²) < 4.78 is 0. The van der Waals surface area contributed by atoms with Crippen molar-refractivity contribution in [3.8, 4) is 0 Å². The maximum absolute atomic E-state index is 12.4. The van der Waals surface area contributed by atoms with Crippen molar-refractivity contribution in [2.45, 2.75) is 0 Å². The van der Waals surface area contributed by atoms with Crippen LogP contribution in [0.25, 0.3) is 0 Å². The van der Waals surface area contributed by atoms with Gasteiger partial charge in [-0.1, -0.05) is 23.2 Å². The lowest BCUT2D eigenvalue weighted by atomic mass is 10.2. The molecule has 1 fully saturated rings. The average molecular weight is 395 g/mol. The summed E-state index contributed by atoms with van der Waals surface area (Å²) in [6, 6.07) is 11.1. The van der Waals surface area contributed by atoms with E-state index in [2.05, 4.69) is 10.2 Å². The second-order valence-electron chi connectivity index (χ2n) is 5.81. The predicted octanol–water partition coefficient (Wildman–Crippen LogP) is 4.26. The number of benzene rings is 2. The van der Waals surface area contributed by atoms with Crippen LogP contribution >= 0.6 is 23.2 Å². The average Bonchev–Trinajstić information content (AvgIpc) is 2.65. The van der Waals surface area contributed by atoms with Crippen LogP contribution in [0.4, 0.5) is 21.9 Å². The van der Waals surface area contributed by atoms with Gasteiger partial charge in [0.2, 0.25) is 0 Å². The molecule has 0 radical (unpaired) electrons. The minimum Gasteiger partial charge on any atom is -0.368 e. The SMILES string of the molecule is O=C(Nc1ccc(Cl)c(Cl)c1)N1CCN(c2ccc([N+](=O)[O-])cc2)CC1. The largest absolute Gasteiger partial charge is 0.368 e. The minimum absolute atomic E-state index is 0.0633. The zero-order valence-electron chi connectivity index (χ0n) is 13.7. The van der Waals surface area contributed by atoms with Gasteiger partial charge in [-0.15, -0.1) is 0 Å². The van der Waals surface area contributed by atoms with Crippen molar-refractivity contribution in [3.05, 3.63) is 62.6 Å². The highest BCUT2D eigenvalue weighted by molar-refractivity contribution is 6.42. The van der Waals surface area contributed by atoms with E-state index in [1.807, 2.05) is 0 Å². The van der Waals surface area contributed by atoms with Gasteiger partial charge in [-0.3, -0.25) is 10.1 Å². The Morgan fingerprint density at radius 1 is 1.00 bits per heavy atom. The van der Waals surface area contributed by atoms with E-state index in [0.29, 0.717) is 41.9 Å². The molecule has 1 heterocycles. The summed E-state index contributed by atoms with van der Waals surface area (Å²) >= 11 is 11.8. The fraction of sp³-hybridized carbons (Fsp3) is 0.235. The van der Waals surface area contributed by atoms with Crippen LogP contribution in [-0.2, 0) is 0 Å². The molecule has 0 spiro atoms. The summed E-state index contributed by atoms with van der Waals surface area (Å²) in [6.45, 7) is 2.38. The van der Waals surface area contributed by atoms with Crippen LogP contribution < -0.4 is 10.2 Å². The van der Waals surface area contributed by atoms with Crippen LogP contribution in [0.5, 0.6) is 0 Å². The summed E-state index contributed by atoms with van der Waals surface area (Å²) in [5.41, 5.74) is 1.55. The summed E-state index contributed by atoms with van der Waals surface area (Å²) in [6.07, 6.45) is 0. The number of nitro benzene ring substituents is 1. The Morgan fingerprint density at radius 2 is 1.65 bits per heavy atom. The number of piperazine rings is 1. The molecule has 0 unspecified atom stereocenters. The van der Waals surface area contributed by atoms with Gasteiger partial charge in [0, 0.05) is 49.7 Å². The number of hydrogen-bond donors (Lipinski definition) is 1. The van der Waals surface area contributed by atoms with Crippen molar-refractivity contribution in [1.82, 2.24) is 4.90 Å². The smallest absolute Gasteiger partial charge is 0.321 e.